The Kier molecular flexibility index (Phi) is 6.56. The van der Waals surface area contributed by atoms with Crippen molar-refractivity contribution in [1.82, 2.24) is 9.88 Å². The third-order valence-corrected chi connectivity index (χ3v) is 7.52. The first-order valence-corrected chi connectivity index (χ1v) is 12.3. The molecule has 1 aromatic heterocycles. The minimum atomic E-state index is -0.511. The molecule has 0 spiro atoms. The van der Waals surface area contributed by atoms with Crippen LogP contribution < -0.4 is 15.4 Å². The topological polar surface area (TPSA) is 66.5 Å². The van der Waals surface area contributed by atoms with E-state index in [0.29, 0.717) is 41.3 Å². The van der Waals surface area contributed by atoms with Crippen LogP contribution in [0.2, 0.25) is 0 Å². The van der Waals surface area contributed by atoms with Crippen molar-refractivity contribution in [2.45, 2.75) is 17.7 Å². The highest BCUT2D eigenvalue weighted by molar-refractivity contribution is 8.00. The van der Waals surface area contributed by atoms with Gasteiger partial charge in [-0.15, -0.1) is 11.8 Å². The number of thioether (sulfide) groups is 1. The molecule has 9 heteroatoms. The number of hydrogen-bond donors (Lipinski definition) is 2. The fourth-order valence-corrected chi connectivity index (χ4v) is 5.43. The lowest BCUT2D eigenvalue weighted by atomic mass is 10.0. The predicted molar refractivity (Wildman–Crippen MR) is 131 cm³/mol. The number of pyridine rings is 1. The van der Waals surface area contributed by atoms with Crippen LogP contribution in [0.25, 0.3) is 10.9 Å². The zero-order chi connectivity index (χ0) is 23.7. The summed E-state index contributed by atoms with van der Waals surface area (Å²) in [5.41, 5.74) is 2.49. The summed E-state index contributed by atoms with van der Waals surface area (Å²) in [5, 5.41) is 6.87. The number of carbonyl (C=O) groups is 1. The molecule has 2 aromatic carbocycles. The van der Waals surface area contributed by atoms with Crippen molar-refractivity contribution >= 4 is 39.9 Å². The average Bonchev–Trinajstić information content (AvgIpc) is 3.29. The Morgan fingerprint density at radius 2 is 2.15 bits per heavy atom. The van der Waals surface area contributed by atoms with Gasteiger partial charge in [0.25, 0.3) is 0 Å². The van der Waals surface area contributed by atoms with Crippen LogP contribution in [-0.4, -0.2) is 54.8 Å². The number of anilines is 2. The molecular weight excluding hydrogens is 458 g/mol. The van der Waals surface area contributed by atoms with E-state index in [-0.39, 0.29) is 11.4 Å². The van der Waals surface area contributed by atoms with E-state index in [1.54, 1.807) is 17.8 Å². The number of carbonyl (C=O) groups excluding carboxylic acids is 1. The summed E-state index contributed by atoms with van der Waals surface area (Å²) in [4.78, 5) is 19.0. The zero-order valence-corrected chi connectivity index (χ0v) is 19.7. The smallest absolute Gasteiger partial charge is 0.234 e. The number of likely N-dealkylation sites (tertiary alicyclic amines) is 1. The van der Waals surface area contributed by atoms with Crippen molar-refractivity contribution in [3.05, 3.63) is 53.7 Å². The van der Waals surface area contributed by atoms with E-state index in [9.17, 15) is 13.6 Å². The summed E-state index contributed by atoms with van der Waals surface area (Å²) in [6.45, 7) is 3.36. The van der Waals surface area contributed by atoms with Gasteiger partial charge in [-0.2, -0.15) is 0 Å². The monoisotopic (exact) mass is 484 g/mol. The van der Waals surface area contributed by atoms with Crippen LogP contribution >= 0.6 is 11.8 Å². The maximum absolute atomic E-state index is 14.6. The molecule has 1 saturated heterocycles. The molecule has 1 unspecified atom stereocenters. The number of rotatable bonds is 7. The summed E-state index contributed by atoms with van der Waals surface area (Å²) in [5.74, 6) is 0.376. The van der Waals surface area contributed by atoms with Crippen LogP contribution in [0, 0.1) is 17.6 Å². The van der Waals surface area contributed by atoms with Crippen molar-refractivity contribution in [2.24, 2.45) is 5.92 Å². The molecule has 0 saturated carbocycles. The highest BCUT2D eigenvalue weighted by Gasteiger charge is 2.23. The van der Waals surface area contributed by atoms with Gasteiger partial charge >= 0.3 is 0 Å². The Labute approximate surface area is 201 Å². The van der Waals surface area contributed by atoms with Crippen molar-refractivity contribution in [2.75, 3.05) is 49.7 Å². The van der Waals surface area contributed by atoms with E-state index in [1.807, 2.05) is 18.2 Å². The lowest BCUT2D eigenvalue weighted by molar-refractivity contribution is -0.113. The molecule has 2 aliphatic heterocycles. The number of methoxy groups -OCH3 is 1. The van der Waals surface area contributed by atoms with Crippen LogP contribution in [0.1, 0.15) is 12.0 Å². The number of halogens is 2. The number of benzene rings is 2. The molecule has 1 atom stereocenters. The summed E-state index contributed by atoms with van der Waals surface area (Å²) in [7, 11) is 1.46. The number of nitrogens with one attached hydrogen (secondary N) is 2. The van der Waals surface area contributed by atoms with Gasteiger partial charge in [0.05, 0.1) is 24.7 Å². The molecule has 0 bridgehead atoms. The predicted octanol–water partition coefficient (Wildman–Crippen LogP) is 4.54. The molecule has 34 heavy (non-hydrogen) atoms. The number of fused-ring (bicyclic) bond motifs is 2. The van der Waals surface area contributed by atoms with Crippen LogP contribution in [0.5, 0.6) is 5.75 Å². The number of nitrogens with zero attached hydrogens (tertiary/aromatic N) is 2. The molecule has 0 aliphatic carbocycles. The molecule has 2 aliphatic rings. The molecule has 3 aromatic rings. The highest BCUT2D eigenvalue weighted by Crippen LogP contribution is 2.33. The van der Waals surface area contributed by atoms with Gasteiger partial charge in [-0.3, -0.25) is 9.78 Å². The van der Waals surface area contributed by atoms with Crippen molar-refractivity contribution < 1.29 is 18.3 Å². The van der Waals surface area contributed by atoms with Crippen molar-refractivity contribution in [1.29, 1.82) is 0 Å². The Balaban J connectivity index is 1.19. The fourth-order valence-electron chi connectivity index (χ4n) is 4.64. The van der Waals surface area contributed by atoms with E-state index in [4.69, 9.17) is 4.74 Å². The van der Waals surface area contributed by atoms with Gasteiger partial charge in [0.1, 0.15) is 17.1 Å². The Morgan fingerprint density at radius 3 is 3.00 bits per heavy atom. The maximum Gasteiger partial charge on any atom is 0.234 e. The van der Waals surface area contributed by atoms with E-state index in [1.165, 1.54) is 13.2 Å². The number of aromatic nitrogens is 1. The number of hydrogen-bond acceptors (Lipinski definition) is 6. The number of ether oxygens (including phenoxy) is 1. The normalized spacial score (nSPS) is 18.1. The summed E-state index contributed by atoms with van der Waals surface area (Å²) in [6.07, 6.45) is 2.62. The third kappa shape index (κ3) is 4.81. The van der Waals surface area contributed by atoms with Gasteiger partial charge in [-0.05, 0) is 49.6 Å². The molecule has 1 amide bonds. The van der Waals surface area contributed by atoms with Gasteiger partial charge in [0.2, 0.25) is 5.91 Å². The van der Waals surface area contributed by atoms with E-state index in [2.05, 4.69) is 20.5 Å². The SMILES string of the molecule is COc1cc(F)c2ncc(F)c(CCN3CCC(CNc4ccc5c(c4)NC(=O)CS5)C3)c2c1. The Morgan fingerprint density at radius 1 is 1.26 bits per heavy atom. The standard InChI is InChI=1S/C25H26F2N4O2S/c1-33-17-9-19-18(21(27)12-29-25(19)20(26)10-17)5-7-31-6-4-15(13-31)11-28-16-2-3-23-22(8-16)30-24(32)14-34-23/h2-3,8-10,12,15,28H,4-7,11,13-14H2,1H3,(H,30,32). The zero-order valence-electron chi connectivity index (χ0n) is 18.9. The van der Waals surface area contributed by atoms with E-state index >= 15 is 0 Å². The Hall–Kier alpha value is -2.91. The van der Waals surface area contributed by atoms with Crippen LogP contribution in [0.3, 0.4) is 0 Å². The second-order valence-corrected chi connectivity index (χ2v) is 9.74. The van der Waals surface area contributed by atoms with E-state index in [0.717, 1.165) is 48.5 Å². The minimum Gasteiger partial charge on any atom is -0.497 e. The van der Waals surface area contributed by atoms with Gasteiger partial charge in [-0.25, -0.2) is 8.78 Å². The van der Waals surface area contributed by atoms with Crippen LogP contribution in [0.15, 0.2) is 41.4 Å². The molecule has 3 heterocycles. The first-order valence-electron chi connectivity index (χ1n) is 11.3. The van der Waals surface area contributed by atoms with Gasteiger partial charge in [0.15, 0.2) is 5.82 Å². The highest BCUT2D eigenvalue weighted by atomic mass is 32.2. The molecule has 178 valence electrons. The van der Waals surface area contributed by atoms with Gasteiger partial charge in [0, 0.05) is 47.2 Å². The lowest BCUT2D eigenvalue weighted by Gasteiger charge is -2.19. The van der Waals surface area contributed by atoms with Crippen LogP contribution in [0.4, 0.5) is 20.2 Å². The van der Waals surface area contributed by atoms with Gasteiger partial charge < -0.3 is 20.3 Å². The third-order valence-electron chi connectivity index (χ3n) is 6.45. The summed E-state index contributed by atoms with van der Waals surface area (Å²) in [6, 6.07) is 8.98. The summed E-state index contributed by atoms with van der Waals surface area (Å²) < 4.78 is 34.1. The van der Waals surface area contributed by atoms with Crippen molar-refractivity contribution in [3.63, 3.8) is 0 Å². The second kappa shape index (κ2) is 9.76. The summed E-state index contributed by atoms with van der Waals surface area (Å²) >= 11 is 1.55. The molecule has 1 fully saturated rings. The number of amides is 1. The average molecular weight is 485 g/mol. The first kappa shape index (κ1) is 22.9. The largest absolute Gasteiger partial charge is 0.497 e. The maximum atomic E-state index is 14.6. The fraction of sp³-hybridized carbons (Fsp3) is 0.360. The minimum absolute atomic E-state index is 0.0284. The first-order chi connectivity index (χ1) is 16.5. The molecule has 6 nitrogen and oxygen atoms in total. The molecular formula is C25H26F2N4O2S. The van der Waals surface area contributed by atoms with Crippen LogP contribution in [-0.2, 0) is 11.2 Å². The quantitative estimate of drug-likeness (QED) is 0.513. The Bertz CT molecular complexity index is 1240. The second-order valence-electron chi connectivity index (χ2n) is 8.72. The van der Waals surface area contributed by atoms with E-state index < -0.39 is 11.6 Å². The molecule has 5 rings (SSSR count). The van der Waals surface area contributed by atoms with Gasteiger partial charge in [-0.1, -0.05) is 0 Å². The van der Waals surface area contributed by atoms with Crippen molar-refractivity contribution in [3.8, 4) is 5.75 Å². The lowest BCUT2D eigenvalue weighted by Crippen LogP contribution is -2.25. The molecule has 2 N–H and O–H groups in total. The molecule has 0 radical (unpaired) electrons.